The van der Waals surface area contributed by atoms with Crippen LogP contribution in [-0.2, 0) is 0 Å². The van der Waals surface area contributed by atoms with Gasteiger partial charge in [-0.3, -0.25) is 0 Å². The van der Waals surface area contributed by atoms with E-state index >= 15 is 0 Å². The van der Waals surface area contributed by atoms with Crippen molar-refractivity contribution in [2.75, 3.05) is 11.9 Å². The van der Waals surface area contributed by atoms with Gasteiger partial charge in [-0.1, -0.05) is 29.5 Å². The van der Waals surface area contributed by atoms with Gasteiger partial charge in [-0.25, -0.2) is 0 Å². The fraction of sp³-hybridized carbons (Fsp3) is 0.111. The van der Waals surface area contributed by atoms with E-state index in [9.17, 15) is 0 Å². The van der Waals surface area contributed by atoms with Gasteiger partial charge >= 0.3 is 0 Å². The molecule has 3 nitrogen and oxygen atoms in total. The summed E-state index contributed by atoms with van der Waals surface area (Å²) in [6.45, 7) is 0. The topological polar surface area (TPSA) is 29.0 Å². The molecule has 0 amide bonds. The van der Waals surface area contributed by atoms with E-state index in [-0.39, 0.29) is 0 Å². The number of aromatic nitrogens is 2. The van der Waals surface area contributed by atoms with Crippen molar-refractivity contribution in [3.05, 3.63) is 34.2 Å². The Morgan fingerprint density at radius 3 is 2.50 bits per heavy atom. The summed E-state index contributed by atoms with van der Waals surface area (Å²) < 4.78 is 0.801. The van der Waals surface area contributed by atoms with E-state index < -0.39 is 0 Å². The smallest absolute Gasteiger partial charge is 0.213 e. The molecule has 1 heterocycles. The second-order valence-corrected chi connectivity index (χ2v) is 4.96. The van der Waals surface area contributed by atoms with Crippen LogP contribution in [0.4, 0.5) is 10.8 Å². The summed E-state index contributed by atoms with van der Waals surface area (Å²) in [5, 5.41) is 8.82. The highest BCUT2D eigenvalue weighted by atomic mass is 79.9. The summed E-state index contributed by atoms with van der Waals surface area (Å²) in [5.41, 5.74) is 1.11. The van der Waals surface area contributed by atoms with Crippen LogP contribution >= 0.6 is 27.3 Å². The van der Waals surface area contributed by atoms with Gasteiger partial charge in [0.1, 0.15) is 0 Å². The molecule has 0 aliphatic carbocycles. The lowest BCUT2D eigenvalue weighted by molar-refractivity contribution is 1.03. The van der Waals surface area contributed by atoms with Gasteiger partial charge in [-0.05, 0) is 28.1 Å². The number of para-hydroxylation sites is 1. The molecule has 2 rings (SSSR count). The molecule has 0 aliphatic heterocycles. The maximum absolute atomic E-state index is 4.04. The fourth-order valence-electron chi connectivity index (χ4n) is 1.10. The molecule has 0 N–H and O–H groups in total. The molecule has 0 saturated heterocycles. The fourth-order valence-corrected chi connectivity index (χ4v) is 2.17. The van der Waals surface area contributed by atoms with E-state index in [1.807, 2.05) is 42.3 Å². The molecule has 14 heavy (non-hydrogen) atoms. The summed E-state index contributed by atoms with van der Waals surface area (Å²) in [7, 11) is 1.97. The molecule has 1 aromatic carbocycles. The number of anilines is 2. The minimum atomic E-state index is 0.801. The standard InChI is InChI=1S/C9H8BrN3S/c1-13(7-5-3-2-4-6-7)9-12-11-8(10)14-9/h2-6H,1H3. The number of nitrogens with zero attached hydrogens (tertiary/aromatic N) is 3. The van der Waals surface area contributed by atoms with Crippen LogP contribution in [0, 0.1) is 0 Å². The van der Waals surface area contributed by atoms with Crippen molar-refractivity contribution in [2.24, 2.45) is 0 Å². The molecular weight excluding hydrogens is 262 g/mol. The second kappa shape index (κ2) is 4.06. The quantitative estimate of drug-likeness (QED) is 0.839. The first kappa shape index (κ1) is 9.61. The van der Waals surface area contributed by atoms with E-state index in [1.54, 1.807) is 0 Å². The average molecular weight is 270 g/mol. The predicted molar refractivity (Wildman–Crippen MR) is 62.1 cm³/mol. The van der Waals surface area contributed by atoms with Gasteiger partial charge in [-0.15, -0.1) is 10.2 Å². The summed E-state index contributed by atoms with van der Waals surface area (Å²) >= 11 is 4.80. The van der Waals surface area contributed by atoms with Crippen molar-refractivity contribution in [1.29, 1.82) is 0 Å². The van der Waals surface area contributed by atoms with Crippen LogP contribution in [0.5, 0.6) is 0 Å². The van der Waals surface area contributed by atoms with Crippen molar-refractivity contribution >= 4 is 38.1 Å². The first-order chi connectivity index (χ1) is 6.77. The Kier molecular flexibility index (Phi) is 2.79. The lowest BCUT2D eigenvalue weighted by Gasteiger charge is -2.14. The molecule has 0 spiro atoms. The van der Waals surface area contributed by atoms with E-state index in [0.29, 0.717) is 0 Å². The largest absolute Gasteiger partial charge is 0.319 e. The maximum atomic E-state index is 4.04. The number of rotatable bonds is 2. The van der Waals surface area contributed by atoms with E-state index in [4.69, 9.17) is 0 Å². The van der Waals surface area contributed by atoms with Crippen LogP contribution in [0.3, 0.4) is 0 Å². The van der Waals surface area contributed by atoms with Crippen LogP contribution in [-0.4, -0.2) is 17.2 Å². The van der Waals surface area contributed by atoms with Crippen LogP contribution in [0.15, 0.2) is 34.2 Å². The molecule has 72 valence electrons. The third-order valence-electron chi connectivity index (χ3n) is 1.82. The molecule has 5 heteroatoms. The Morgan fingerprint density at radius 2 is 1.93 bits per heavy atom. The molecule has 0 saturated carbocycles. The molecule has 0 aliphatic rings. The zero-order valence-electron chi connectivity index (χ0n) is 7.51. The molecule has 0 unspecified atom stereocenters. The summed E-state index contributed by atoms with van der Waals surface area (Å²) in [4.78, 5) is 2.00. The van der Waals surface area contributed by atoms with Gasteiger partial charge in [0.25, 0.3) is 0 Å². The monoisotopic (exact) mass is 269 g/mol. The molecule has 0 atom stereocenters. The average Bonchev–Trinajstić information content (AvgIpc) is 2.65. The Hall–Kier alpha value is -0.940. The predicted octanol–water partition coefficient (Wildman–Crippen LogP) is 3.07. The molecule has 1 aromatic heterocycles. The van der Waals surface area contributed by atoms with E-state index in [2.05, 4.69) is 26.1 Å². The normalized spacial score (nSPS) is 10.1. The van der Waals surface area contributed by atoms with Crippen molar-refractivity contribution < 1.29 is 0 Å². The first-order valence-electron chi connectivity index (χ1n) is 4.05. The van der Waals surface area contributed by atoms with Crippen LogP contribution < -0.4 is 4.90 Å². The number of hydrogen-bond acceptors (Lipinski definition) is 4. The minimum Gasteiger partial charge on any atom is -0.319 e. The van der Waals surface area contributed by atoms with Crippen molar-refractivity contribution in [1.82, 2.24) is 10.2 Å². The number of benzene rings is 1. The van der Waals surface area contributed by atoms with Crippen molar-refractivity contribution in [3.63, 3.8) is 0 Å². The third kappa shape index (κ3) is 1.93. The zero-order chi connectivity index (χ0) is 9.97. The highest BCUT2D eigenvalue weighted by Gasteiger charge is 2.08. The van der Waals surface area contributed by atoms with Gasteiger partial charge < -0.3 is 4.90 Å². The Bertz CT molecular complexity index is 415. The Balaban J connectivity index is 2.29. The summed E-state index contributed by atoms with van der Waals surface area (Å²) in [5.74, 6) is 0. The van der Waals surface area contributed by atoms with Crippen molar-refractivity contribution in [2.45, 2.75) is 0 Å². The lowest BCUT2D eigenvalue weighted by Crippen LogP contribution is -2.08. The lowest BCUT2D eigenvalue weighted by atomic mass is 10.3. The Labute approximate surface area is 94.5 Å². The third-order valence-corrected chi connectivity index (χ3v) is 3.25. The Morgan fingerprint density at radius 1 is 1.21 bits per heavy atom. The van der Waals surface area contributed by atoms with E-state index in [1.165, 1.54) is 11.3 Å². The minimum absolute atomic E-state index is 0.801. The zero-order valence-corrected chi connectivity index (χ0v) is 9.92. The van der Waals surface area contributed by atoms with E-state index in [0.717, 1.165) is 14.7 Å². The van der Waals surface area contributed by atoms with Crippen LogP contribution in [0.25, 0.3) is 0 Å². The SMILES string of the molecule is CN(c1ccccc1)c1nnc(Br)s1. The van der Waals surface area contributed by atoms with Gasteiger partial charge in [0.15, 0.2) is 3.92 Å². The van der Waals surface area contributed by atoms with Gasteiger partial charge in [0.2, 0.25) is 5.13 Å². The molecule has 0 fully saturated rings. The highest BCUT2D eigenvalue weighted by Crippen LogP contribution is 2.28. The summed E-state index contributed by atoms with van der Waals surface area (Å²) in [6, 6.07) is 10.1. The van der Waals surface area contributed by atoms with Crippen LogP contribution in [0.2, 0.25) is 0 Å². The van der Waals surface area contributed by atoms with Crippen LogP contribution in [0.1, 0.15) is 0 Å². The van der Waals surface area contributed by atoms with Gasteiger partial charge in [-0.2, -0.15) is 0 Å². The van der Waals surface area contributed by atoms with Gasteiger partial charge in [0, 0.05) is 12.7 Å². The maximum Gasteiger partial charge on any atom is 0.213 e. The summed E-state index contributed by atoms with van der Waals surface area (Å²) in [6.07, 6.45) is 0. The highest BCUT2D eigenvalue weighted by molar-refractivity contribution is 9.11. The number of hydrogen-bond donors (Lipinski definition) is 0. The molecule has 0 radical (unpaired) electrons. The second-order valence-electron chi connectivity index (χ2n) is 2.73. The molecule has 2 aromatic rings. The molecule has 0 bridgehead atoms. The molecular formula is C9H8BrN3S. The first-order valence-corrected chi connectivity index (χ1v) is 5.66. The van der Waals surface area contributed by atoms with Gasteiger partial charge in [0.05, 0.1) is 0 Å². The number of halogens is 1. The van der Waals surface area contributed by atoms with Crippen molar-refractivity contribution in [3.8, 4) is 0 Å².